The molecule has 0 radical (unpaired) electrons. The third-order valence-electron chi connectivity index (χ3n) is 5.88. The first kappa shape index (κ1) is 25.9. The van der Waals surface area contributed by atoms with Gasteiger partial charge in [-0.15, -0.1) is 0 Å². The largest absolute Gasteiger partial charge is 0.461 e. The van der Waals surface area contributed by atoms with Gasteiger partial charge in [-0.3, -0.25) is 9.36 Å². The van der Waals surface area contributed by atoms with Gasteiger partial charge in [-0.05, 0) is 63.5 Å². The molecule has 0 spiro atoms. The summed E-state index contributed by atoms with van der Waals surface area (Å²) in [5, 5.41) is 8.41. The fourth-order valence-electron chi connectivity index (χ4n) is 4.00. The van der Waals surface area contributed by atoms with Crippen LogP contribution in [0, 0.1) is 11.8 Å². The molecule has 0 bridgehead atoms. The van der Waals surface area contributed by atoms with Crippen molar-refractivity contribution in [3.63, 3.8) is 0 Å². The molecule has 0 aromatic carbocycles. The van der Waals surface area contributed by atoms with Gasteiger partial charge in [0, 0.05) is 51.9 Å². The number of nitrogens with zero attached hydrogens (tertiary/aromatic N) is 4. The van der Waals surface area contributed by atoms with Crippen molar-refractivity contribution in [2.45, 2.75) is 52.6 Å². The van der Waals surface area contributed by atoms with Gasteiger partial charge in [-0.1, -0.05) is 0 Å². The second kappa shape index (κ2) is 13.9. The van der Waals surface area contributed by atoms with E-state index in [2.05, 4.69) is 10.2 Å². The molecule has 2 aliphatic heterocycles. The number of ether oxygens (including phenoxy) is 4. The monoisotopic (exact) mass is 476 g/mol. The van der Waals surface area contributed by atoms with E-state index in [9.17, 15) is 9.59 Å². The molecule has 34 heavy (non-hydrogen) atoms. The molecule has 4 heterocycles. The molecule has 2 fully saturated rings. The lowest BCUT2D eigenvalue weighted by Gasteiger charge is -2.22. The minimum atomic E-state index is -0.349. The van der Waals surface area contributed by atoms with Crippen LogP contribution >= 0.6 is 0 Å². The normalized spacial score (nSPS) is 17.0. The molecule has 0 N–H and O–H groups in total. The van der Waals surface area contributed by atoms with Gasteiger partial charge in [0.15, 0.2) is 5.69 Å². The Balaban J connectivity index is 0.000000191. The van der Waals surface area contributed by atoms with Gasteiger partial charge in [0.1, 0.15) is 5.69 Å². The van der Waals surface area contributed by atoms with Gasteiger partial charge in [0.2, 0.25) is 0 Å². The van der Waals surface area contributed by atoms with E-state index >= 15 is 0 Å². The van der Waals surface area contributed by atoms with Crippen molar-refractivity contribution in [3.05, 3.63) is 35.9 Å². The van der Waals surface area contributed by atoms with Gasteiger partial charge in [-0.25, -0.2) is 9.59 Å². The summed E-state index contributed by atoms with van der Waals surface area (Å²) in [7, 11) is 0. The van der Waals surface area contributed by atoms with Crippen LogP contribution < -0.4 is 0 Å². The highest BCUT2D eigenvalue weighted by molar-refractivity contribution is 5.87. The van der Waals surface area contributed by atoms with Crippen LogP contribution in [0.5, 0.6) is 0 Å². The first-order valence-electron chi connectivity index (χ1n) is 12.2. The van der Waals surface area contributed by atoms with Crippen molar-refractivity contribution < 1.29 is 28.5 Å². The lowest BCUT2D eigenvalue weighted by atomic mass is 10.0. The van der Waals surface area contributed by atoms with Crippen molar-refractivity contribution in [1.29, 1.82) is 0 Å². The van der Waals surface area contributed by atoms with Crippen LogP contribution in [-0.2, 0) is 32.0 Å². The molecule has 0 aliphatic carbocycles. The summed E-state index contributed by atoms with van der Waals surface area (Å²) in [5.74, 6) is 0.491. The number of hydrogen-bond donors (Lipinski definition) is 0. The maximum Gasteiger partial charge on any atom is 0.358 e. The van der Waals surface area contributed by atoms with Crippen LogP contribution in [0.1, 0.15) is 60.5 Å². The zero-order chi connectivity index (χ0) is 24.2. The van der Waals surface area contributed by atoms with Crippen molar-refractivity contribution in [2.24, 2.45) is 11.8 Å². The molecule has 2 saturated heterocycles. The molecule has 0 unspecified atom stereocenters. The van der Waals surface area contributed by atoms with Crippen molar-refractivity contribution in [2.75, 3.05) is 39.6 Å². The summed E-state index contributed by atoms with van der Waals surface area (Å²) in [5.41, 5.74) is 0.928. The predicted molar refractivity (Wildman–Crippen MR) is 123 cm³/mol. The third-order valence-corrected chi connectivity index (χ3v) is 5.88. The molecule has 10 heteroatoms. The smallest absolute Gasteiger partial charge is 0.358 e. The zero-order valence-corrected chi connectivity index (χ0v) is 20.2. The maximum absolute atomic E-state index is 11.7. The lowest BCUT2D eigenvalue weighted by molar-refractivity contribution is 0.0487. The first-order valence-corrected chi connectivity index (χ1v) is 12.2. The van der Waals surface area contributed by atoms with E-state index in [1.807, 2.05) is 10.9 Å². The Bertz CT molecular complexity index is 884. The van der Waals surface area contributed by atoms with Crippen LogP contribution in [0.2, 0.25) is 0 Å². The van der Waals surface area contributed by atoms with Crippen LogP contribution in [0.4, 0.5) is 0 Å². The minimum Gasteiger partial charge on any atom is -0.461 e. The number of rotatable bonds is 8. The Labute approximate surface area is 200 Å². The highest BCUT2D eigenvalue weighted by Crippen LogP contribution is 2.18. The topological polar surface area (TPSA) is 107 Å². The second-order valence-electron chi connectivity index (χ2n) is 8.37. The molecule has 2 aromatic heterocycles. The van der Waals surface area contributed by atoms with Crippen LogP contribution in [-0.4, -0.2) is 71.1 Å². The molecule has 0 atom stereocenters. The SMILES string of the molecule is CCOC(=O)c1ccn(CC2CCOCC2)n1.CCOC(=O)c1ccnn1CC1CCOCC1. The number of aromatic nitrogens is 4. The highest BCUT2D eigenvalue weighted by Gasteiger charge is 2.19. The molecule has 0 amide bonds. The zero-order valence-electron chi connectivity index (χ0n) is 20.2. The van der Waals surface area contributed by atoms with Crippen molar-refractivity contribution in [1.82, 2.24) is 19.6 Å². The van der Waals surface area contributed by atoms with E-state index in [1.165, 1.54) is 0 Å². The average molecular weight is 477 g/mol. The summed E-state index contributed by atoms with van der Waals surface area (Å²) in [4.78, 5) is 23.1. The summed E-state index contributed by atoms with van der Waals surface area (Å²) in [6.45, 7) is 9.25. The van der Waals surface area contributed by atoms with Gasteiger partial charge in [-0.2, -0.15) is 10.2 Å². The van der Waals surface area contributed by atoms with Gasteiger partial charge < -0.3 is 18.9 Å². The number of esters is 2. The van der Waals surface area contributed by atoms with E-state index in [1.54, 1.807) is 36.9 Å². The summed E-state index contributed by atoms with van der Waals surface area (Å²) >= 11 is 0. The Morgan fingerprint density at radius 1 is 0.912 bits per heavy atom. The Hall–Kier alpha value is -2.72. The number of hydrogen-bond acceptors (Lipinski definition) is 8. The fraction of sp³-hybridized carbons (Fsp3) is 0.667. The summed E-state index contributed by atoms with van der Waals surface area (Å²) < 4.78 is 24.1. The van der Waals surface area contributed by atoms with Crippen LogP contribution in [0.3, 0.4) is 0 Å². The summed E-state index contributed by atoms with van der Waals surface area (Å²) in [6.07, 6.45) is 7.67. The molecular formula is C24H36N4O6. The molecule has 10 nitrogen and oxygen atoms in total. The van der Waals surface area contributed by atoms with Gasteiger partial charge in [0.25, 0.3) is 0 Å². The molecule has 2 aromatic rings. The van der Waals surface area contributed by atoms with E-state index < -0.39 is 0 Å². The Kier molecular flexibility index (Phi) is 10.6. The van der Waals surface area contributed by atoms with E-state index in [-0.39, 0.29) is 11.9 Å². The van der Waals surface area contributed by atoms with E-state index in [4.69, 9.17) is 18.9 Å². The van der Waals surface area contributed by atoms with Crippen LogP contribution in [0.25, 0.3) is 0 Å². The standard InChI is InChI=1S/2C12H18N2O3/c1-2-17-12(15)11-3-6-14(13-11)9-10-4-7-16-8-5-10;1-2-17-12(15)11-3-6-13-14(11)9-10-4-7-16-8-5-10/h2*3,6,10H,2,4-5,7-9H2,1H3. The number of carbonyl (C=O) groups is 2. The lowest BCUT2D eigenvalue weighted by Crippen LogP contribution is -2.23. The number of carbonyl (C=O) groups excluding carboxylic acids is 2. The van der Waals surface area contributed by atoms with E-state index in [0.29, 0.717) is 36.4 Å². The Morgan fingerprint density at radius 3 is 2.12 bits per heavy atom. The van der Waals surface area contributed by atoms with E-state index in [0.717, 1.165) is 65.2 Å². The summed E-state index contributed by atoms with van der Waals surface area (Å²) in [6, 6.07) is 3.41. The second-order valence-corrected chi connectivity index (χ2v) is 8.37. The Morgan fingerprint density at radius 2 is 1.50 bits per heavy atom. The average Bonchev–Trinajstić information content (AvgIpc) is 3.51. The van der Waals surface area contributed by atoms with Gasteiger partial charge in [0.05, 0.1) is 13.2 Å². The van der Waals surface area contributed by atoms with Crippen molar-refractivity contribution >= 4 is 11.9 Å². The molecule has 2 aliphatic rings. The predicted octanol–water partition coefficient (Wildman–Crippen LogP) is 2.97. The fourth-order valence-corrected chi connectivity index (χ4v) is 4.00. The van der Waals surface area contributed by atoms with Crippen LogP contribution in [0.15, 0.2) is 24.5 Å². The minimum absolute atomic E-state index is 0.294. The quantitative estimate of drug-likeness (QED) is 0.535. The van der Waals surface area contributed by atoms with Gasteiger partial charge >= 0.3 is 11.9 Å². The maximum atomic E-state index is 11.7. The highest BCUT2D eigenvalue weighted by atomic mass is 16.5. The van der Waals surface area contributed by atoms with Crippen molar-refractivity contribution in [3.8, 4) is 0 Å². The molecule has 188 valence electrons. The third kappa shape index (κ3) is 7.95. The molecule has 4 rings (SSSR count). The first-order chi connectivity index (χ1) is 16.6. The molecular weight excluding hydrogens is 440 g/mol. The molecule has 0 saturated carbocycles.